The van der Waals surface area contributed by atoms with Crippen molar-refractivity contribution in [2.24, 2.45) is 7.05 Å². The van der Waals surface area contributed by atoms with E-state index in [1.807, 2.05) is 36.0 Å². The molecule has 6 heteroatoms. The number of rotatable bonds is 4. The molecular weight excluding hydrogens is 356 g/mol. The Labute approximate surface area is 161 Å². The van der Waals surface area contributed by atoms with Crippen molar-refractivity contribution in [3.63, 3.8) is 0 Å². The van der Waals surface area contributed by atoms with E-state index in [2.05, 4.69) is 41.3 Å². The number of hydrogen-bond donors (Lipinski definition) is 1. The first kappa shape index (κ1) is 17.4. The first-order valence-electron chi connectivity index (χ1n) is 8.73. The molecule has 0 aliphatic heterocycles. The molecule has 1 amide bonds. The molecule has 0 saturated carbocycles. The summed E-state index contributed by atoms with van der Waals surface area (Å²) in [7, 11) is 1.96. The molecule has 0 bridgehead atoms. The zero-order valence-electron chi connectivity index (χ0n) is 15.5. The van der Waals surface area contributed by atoms with Crippen molar-refractivity contribution in [3.8, 4) is 10.6 Å². The van der Waals surface area contributed by atoms with Gasteiger partial charge in [0.1, 0.15) is 16.3 Å². The minimum absolute atomic E-state index is 0.158. The van der Waals surface area contributed by atoms with Crippen LogP contribution in [0.5, 0.6) is 0 Å². The number of nitrogens with zero attached hydrogens (tertiary/aromatic N) is 3. The van der Waals surface area contributed by atoms with Crippen LogP contribution in [0.2, 0.25) is 0 Å². The normalized spacial score (nSPS) is 11.1. The summed E-state index contributed by atoms with van der Waals surface area (Å²) in [6.45, 7) is 4.65. The largest absolute Gasteiger partial charge is 0.347 e. The van der Waals surface area contributed by atoms with E-state index in [1.165, 1.54) is 22.5 Å². The van der Waals surface area contributed by atoms with Crippen LogP contribution >= 0.6 is 11.3 Å². The molecule has 3 aromatic heterocycles. The second-order valence-corrected chi connectivity index (χ2v) is 7.53. The molecule has 1 aromatic carbocycles. The predicted octanol–water partition coefficient (Wildman–Crippen LogP) is 4.24. The van der Waals surface area contributed by atoms with E-state index in [4.69, 9.17) is 0 Å². The summed E-state index contributed by atoms with van der Waals surface area (Å²) in [5.74, 6) is -0.158. The van der Waals surface area contributed by atoms with Crippen LogP contribution in [0.15, 0.2) is 48.1 Å². The third kappa shape index (κ3) is 3.36. The molecule has 4 aromatic rings. The predicted molar refractivity (Wildman–Crippen MR) is 109 cm³/mol. The Morgan fingerprint density at radius 3 is 2.89 bits per heavy atom. The molecule has 0 aliphatic carbocycles. The number of pyridine rings is 1. The summed E-state index contributed by atoms with van der Waals surface area (Å²) in [5, 5.41) is 6.62. The quantitative estimate of drug-likeness (QED) is 0.579. The summed E-state index contributed by atoms with van der Waals surface area (Å²) in [6.07, 6.45) is 3.78. The van der Waals surface area contributed by atoms with E-state index < -0.39 is 0 Å². The van der Waals surface area contributed by atoms with Crippen molar-refractivity contribution in [1.82, 2.24) is 19.9 Å². The van der Waals surface area contributed by atoms with Crippen LogP contribution in [0.3, 0.4) is 0 Å². The minimum Gasteiger partial charge on any atom is -0.347 e. The maximum atomic E-state index is 12.5. The number of fused-ring (bicyclic) bond motifs is 1. The molecule has 0 spiro atoms. The molecular formula is C21H20N4OS. The zero-order chi connectivity index (χ0) is 19.0. The lowest BCUT2D eigenvalue weighted by Gasteiger charge is -2.06. The number of benzene rings is 1. The maximum absolute atomic E-state index is 12.5. The van der Waals surface area contributed by atoms with Gasteiger partial charge in [-0.1, -0.05) is 18.2 Å². The van der Waals surface area contributed by atoms with E-state index in [1.54, 1.807) is 11.6 Å². The standard InChI is InChI=1S/C21H20N4OS/c1-13-6-7-15(9-14(13)2)10-23-20(26)18-12-27-21(24-18)17-11-25(3)19-16(17)5-4-8-22-19/h4-9,11-12H,10H2,1-3H3,(H,23,26). The van der Waals surface area contributed by atoms with Crippen LogP contribution < -0.4 is 5.32 Å². The van der Waals surface area contributed by atoms with Gasteiger partial charge in [0.15, 0.2) is 0 Å². The number of carbonyl (C=O) groups excluding carboxylic acids is 1. The third-order valence-electron chi connectivity index (χ3n) is 4.73. The number of amides is 1. The molecule has 0 fully saturated rings. The highest BCUT2D eigenvalue weighted by Crippen LogP contribution is 2.31. The van der Waals surface area contributed by atoms with Crippen molar-refractivity contribution in [2.45, 2.75) is 20.4 Å². The highest BCUT2D eigenvalue weighted by Gasteiger charge is 2.15. The highest BCUT2D eigenvalue weighted by atomic mass is 32.1. The van der Waals surface area contributed by atoms with Crippen molar-refractivity contribution in [3.05, 3.63) is 70.5 Å². The Kier molecular flexibility index (Phi) is 4.49. The van der Waals surface area contributed by atoms with Crippen molar-refractivity contribution >= 4 is 28.3 Å². The molecule has 0 aliphatic rings. The van der Waals surface area contributed by atoms with E-state index in [9.17, 15) is 4.79 Å². The smallest absolute Gasteiger partial charge is 0.271 e. The number of hydrogen-bond acceptors (Lipinski definition) is 4. The fraction of sp³-hybridized carbons (Fsp3) is 0.190. The molecule has 3 heterocycles. The lowest BCUT2D eigenvalue weighted by atomic mass is 10.1. The molecule has 136 valence electrons. The van der Waals surface area contributed by atoms with Gasteiger partial charge in [-0.15, -0.1) is 11.3 Å². The molecule has 0 atom stereocenters. The average molecular weight is 376 g/mol. The number of thiazole rings is 1. The van der Waals surface area contributed by atoms with Crippen molar-refractivity contribution in [1.29, 1.82) is 0 Å². The average Bonchev–Trinajstić information content (AvgIpc) is 3.28. The molecule has 0 unspecified atom stereocenters. The fourth-order valence-electron chi connectivity index (χ4n) is 3.07. The van der Waals surface area contributed by atoms with Gasteiger partial charge < -0.3 is 9.88 Å². The van der Waals surface area contributed by atoms with Gasteiger partial charge in [0, 0.05) is 42.3 Å². The Morgan fingerprint density at radius 2 is 2.07 bits per heavy atom. The maximum Gasteiger partial charge on any atom is 0.271 e. The number of carbonyl (C=O) groups is 1. The molecule has 5 nitrogen and oxygen atoms in total. The molecule has 0 radical (unpaired) electrons. The first-order valence-corrected chi connectivity index (χ1v) is 9.61. The lowest BCUT2D eigenvalue weighted by Crippen LogP contribution is -2.23. The second-order valence-electron chi connectivity index (χ2n) is 6.67. The Bertz CT molecular complexity index is 1140. The van der Waals surface area contributed by atoms with Crippen LogP contribution in [0.4, 0.5) is 0 Å². The molecule has 27 heavy (non-hydrogen) atoms. The molecule has 1 N–H and O–H groups in total. The van der Waals surface area contributed by atoms with Crippen molar-refractivity contribution in [2.75, 3.05) is 0 Å². The van der Waals surface area contributed by atoms with Gasteiger partial charge in [0.05, 0.1) is 0 Å². The van der Waals surface area contributed by atoms with Crippen molar-refractivity contribution < 1.29 is 4.79 Å². The van der Waals surface area contributed by atoms with Crippen LogP contribution in [0, 0.1) is 13.8 Å². The summed E-state index contributed by atoms with van der Waals surface area (Å²) in [5.41, 5.74) is 5.91. The molecule has 0 saturated heterocycles. The number of nitrogens with one attached hydrogen (secondary N) is 1. The Balaban J connectivity index is 1.53. The number of aryl methyl sites for hydroxylation is 3. The van der Waals surface area contributed by atoms with Crippen LogP contribution in [-0.4, -0.2) is 20.4 Å². The van der Waals surface area contributed by atoms with Crippen LogP contribution in [0.25, 0.3) is 21.6 Å². The first-order chi connectivity index (χ1) is 13.0. The topological polar surface area (TPSA) is 59.8 Å². The van der Waals surface area contributed by atoms with Crippen LogP contribution in [-0.2, 0) is 13.6 Å². The fourth-order valence-corrected chi connectivity index (χ4v) is 3.89. The SMILES string of the molecule is Cc1ccc(CNC(=O)c2csc(-c3cn(C)c4ncccc34)n2)cc1C. The van der Waals surface area contributed by atoms with Gasteiger partial charge in [-0.3, -0.25) is 4.79 Å². The van der Waals surface area contributed by atoms with E-state index >= 15 is 0 Å². The zero-order valence-corrected chi connectivity index (χ0v) is 16.3. The van der Waals surface area contributed by atoms with Gasteiger partial charge in [0.25, 0.3) is 5.91 Å². The number of aromatic nitrogens is 3. The second kappa shape index (κ2) is 6.96. The van der Waals surface area contributed by atoms with Gasteiger partial charge in [-0.25, -0.2) is 9.97 Å². The van der Waals surface area contributed by atoms with Gasteiger partial charge in [-0.05, 0) is 42.7 Å². The summed E-state index contributed by atoms with van der Waals surface area (Å²) in [6, 6.07) is 10.2. The Morgan fingerprint density at radius 1 is 1.22 bits per heavy atom. The monoisotopic (exact) mass is 376 g/mol. The van der Waals surface area contributed by atoms with E-state index in [0.717, 1.165) is 27.2 Å². The lowest BCUT2D eigenvalue weighted by molar-refractivity contribution is 0.0946. The third-order valence-corrected chi connectivity index (χ3v) is 5.60. The van der Waals surface area contributed by atoms with E-state index in [0.29, 0.717) is 12.2 Å². The van der Waals surface area contributed by atoms with E-state index in [-0.39, 0.29) is 5.91 Å². The van der Waals surface area contributed by atoms with Gasteiger partial charge in [0.2, 0.25) is 0 Å². The molecule has 4 rings (SSSR count). The summed E-state index contributed by atoms with van der Waals surface area (Å²) < 4.78 is 1.98. The van der Waals surface area contributed by atoms with Gasteiger partial charge in [-0.2, -0.15) is 0 Å². The minimum atomic E-state index is -0.158. The summed E-state index contributed by atoms with van der Waals surface area (Å²) in [4.78, 5) is 21.5. The Hall–Kier alpha value is -2.99. The highest BCUT2D eigenvalue weighted by molar-refractivity contribution is 7.13. The van der Waals surface area contributed by atoms with Gasteiger partial charge >= 0.3 is 0 Å². The summed E-state index contributed by atoms with van der Waals surface area (Å²) >= 11 is 1.47. The van der Waals surface area contributed by atoms with Crippen LogP contribution in [0.1, 0.15) is 27.2 Å².